The Bertz CT molecular complexity index is 1000. The number of aryl methyl sites for hydroxylation is 1. The van der Waals surface area contributed by atoms with E-state index in [0.29, 0.717) is 6.42 Å². The van der Waals surface area contributed by atoms with Crippen LogP contribution in [0.15, 0.2) is 30.5 Å². The lowest BCUT2D eigenvalue weighted by Crippen LogP contribution is -2.34. The fourth-order valence-corrected chi connectivity index (χ4v) is 3.34. The Hall–Kier alpha value is -1.95. The summed E-state index contributed by atoms with van der Waals surface area (Å²) >= 11 is 0. The number of hydrogen-bond donors (Lipinski definition) is 0. The molecule has 6 heteroatoms. The van der Waals surface area contributed by atoms with Crippen molar-refractivity contribution < 1.29 is 8.42 Å². The molecule has 5 nitrogen and oxygen atoms in total. The van der Waals surface area contributed by atoms with E-state index in [1.807, 2.05) is 28.9 Å². The predicted octanol–water partition coefficient (Wildman–Crippen LogP) is 3.36. The molecular weight excluding hydrogens is 322 g/mol. The first-order valence-electron chi connectivity index (χ1n) is 8.17. The number of para-hydroxylation sites is 1. The van der Waals surface area contributed by atoms with E-state index in [0.717, 1.165) is 40.5 Å². The highest BCUT2D eigenvalue weighted by Crippen LogP contribution is 2.31. The molecule has 0 unspecified atom stereocenters. The van der Waals surface area contributed by atoms with Crippen LogP contribution in [0.1, 0.15) is 32.9 Å². The van der Waals surface area contributed by atoms with Crippen LogP contribution in [0.4, 0.5) is 0 Å². The number of aromatic nitrogens is 3. The monoisotopic (exact) mass is 345 g/mol. The lowest BCUT2D eigenvalue weighted by molar-refractivity contribution is 0.523. The van der Waals surface area contributed by atoms with Gasteiger partial charge in [0.15, 0.2) is 9.84 Å². The molecule has 0 saturated heterocycles. The van der Waals surface area contributed by atoms with Gasteiger partial charge in [-0.15, -0.1) is 0 Å². The molecular formula is C18H23N3O2S. The SMILES string of the molecule is CCCn1nc2cnc3ccccc3c2c1CC(C)(C)S(C)(=O)=O. The molecule has 0 bridgehead atoms. The van der Waals surface area contributed by atoms with Crippen molar-refractivity contribution in [2.75, 3.05) is 6.26 Å². The van der Waals surface area contributed by atoms with Crippen molar-refractivity contribution in [3.63, 3.8) is 0 Å². The van der Waals surface area contributed by atoms with E-state index < -0.39 is 14.6 Å². The van der Waals surface area contributed by atoms with Crippen molar-refractivity contribution in [3.8, 4) is 0 Å². The first kappa shape index (κ1) is 16.9. The van der Waals surface area contributed by atoms with Gasteiger partial charge in [0.25, 0.3) is 0 Å². The predicted molar refractivity (Wildman–Crippen MR) is 98.0 cm³/mol. The lowest BCUT2D eigenvalue weighted by Gasteiger charge is -2.23. The van der Waals surface area contributed by atoms with Gasteiger partial charge < -0.3 is 0 Å². The fourth-order valence-electron chi connectivity index (χ4n) is 2.94. The van der Waals surface area contributed by atoms with Crippen LogP contribution < -0.4 is 0 Å². The molecule has 0 aliphatic rings. The number of benzene rings is 1. The standard InChI is InChI=1S/C18H23N3O2S/c1-5-10-21-16(11-18(2,3)24(4,22)23)17-13-8-6-7-9-14(13)19-12-15(17)20-21/h6-9,12H,5,10-11H2,1-4H3. The number of nitrogens with zero attached hydrogens (tertiary/aromatic N) is 3. The third-order valence-corrected chi connectivity index (χ3v) is 6.77. The molecule has 0 spiro atoms. The molecule has 0 aliphatic heterocycles. The van der Waals surface area contributed by atoms with Gasteiger partial charge >= 0.3 is 0 Å². The third-order valence-electron chi connectivity index (χ3n) is 4.62. The van der Waals surface area contributed by atoms with Crippen molar-refractivity contribution in [1.82, 2.24) is 14.8 Å². The molecule has 1 aromatic carbocycles. The quantitative estimate of drug-likeness (QED) is 0.711. The van der Waals surface area contributed by atoms with Crippen LogP contribution in [0.25, 0.3) is 21.8 Å². The van der Waals surface area contributed by atoms with E-state index in [1.54, 1.807) is 20.0 Å². The van der Waals surface area contributed by atoms with E-state index in [1.165, 1.54) is 6.26 Å². The number of sulfone groups is 1. The molecule has 128 valence electrons. The first-order chi connectivity index (χ1) is 11.2. The molecule has 0 radical (unpaired) electrons. The number of pyridine rings is 1. The largest absolute Gasteiger partial charge is 0.268 e. The zero-order valence-electron chi connectivity index (χ0n) is 14.6. The van der Waals surface area contributed by atoms with Gasteiger partial charge in [0.2, 0.25) is 0 Å². The summed E-state index contributed by atoms with van der Waals surface area (Å²) in [5, 5.41) is 6.72. The van der Waals surface area contributed by atoms with Gasteiger partial charge in [-0.05, 0) is 26.3 Å². The molecule has 3 aromatic rings. The van der Waals surface area contributed by atoms with E-state index in [2.05, 4.69) is 17.0 Å². The highest BCUT2D eigenvalue weighted by Gasteiger charge is 2.33. The zero-order valence-corrected chi connectivity index (χ0v) is 15.4. The Morgan fingerprint density at radius 2 is 1.88 bits per heavy atom. The molecule has 0 saturated carbocycles. The van der Waals surface area contributed by atoms with E-state index in [-0.39, 0.29) is 0 Å². The second-order valence-electron chi connectivity index (χ2n) is 6.91. The minimum atomic E-state index is -3.19. The summed E-state index contributed by atoms with van der Waals surface area (Å²) in [6.45, 7) is 6.41. The molecule has 0 atom stereocenters. The van der Waals surface area contributed by atoms with Crippen LogP contribution in [-0.4, -0.2) is 34.2 Å². The Labute approximate surface area is 142 Å². The van der Waals surface area contributed by atoms with E-state index >= 15 is 0 Å². The molecule has 3 rings (SSSR count). The summed E-state index contributed by atoms with van der Waals surface area (Å²) in [4.78, 5) is 4.48. The maximum absolute atomic E-state index is 12.2. The summed E-state index contributed by atoms with van der Waals surface area (Å²) in [5.74, 6) is 0. The molecule has 0 amide bonds. The third kappa shape index (κ3) is 2.79. The Morgan fingerprint density at radius 3 is 2.54 bits per heavy atom. The lowest BCUT2D eigenvalue weighted by atomic mass is 10.0. The second-order valence-corrected chi connectivity index (χ2v) is 9.56. The molecule has 24 heavy (non-hydrogen) atoms. The van der Waals surface area contributed by atoms with Crippen molar-refractivity contribution >= 4 is 31.6 Å². The summed E-state index contributed by atoms with van der Waals surface area (Å²) in [6.07, 6.45) is 4.44. The normalized spacial score (nSPS) is 13.0. The van der Waals surface area contributed by atoms with E-state index in [9.17, 15) is 8.42 Å². The van der Waals surface area contributed by atoms with Crippen molar-refractivity contribution in [1.29, 1.82) is 0 Å². The number of rotatable bonds is 5. The minimum absolute atomic E-state index is 0.427. The van der Waals surface area contributed by atoms with Crippen LogP contribution >= 0.6 is 0 Å². The molecule has 2 heterocycles. The summed E-state index contributed by atoms with van der Waals surface area (Å²) in [5.41, 5.74) is 2.70. The second kappa shape index (κ2) is 5.84. The van der Waals surface area contributed by atoms with Crippen LogP contribution in [-0.2, 0) is 22.8 Å². The van der Waals surface area contributed by atoms with Crippen molar-refractivity contribution in [3.05, 3.63) is 36.2 Å². The summed E-state index contributed by atoms with van der Waals surface area (Å²) < 4.78 is 25.5. The summed E-state index contributed by atoms with van der Waals surface area (Å²) in [6, 6.07) is 7.93. The van der Waals surface area contributed by atoms with Gasteiger partial charge in [0.05, 0.1) is 16.5 Å². The van der Waals surface area contributed by atoms with Crippen LogP contribution in [0.5, 0.6) is 0 Å². The molecule has 0 aliphatic carbocycles. The maximum Gasteiger partial charge on any atom is 0.152 e. The number of hydrogen-bond acceptors (Lipinski definition) is 4. The molecule has 0 N–H and O–H groups in total. The van der Waals surface area contributed by atoms with Crippen LogP contribution in [0.3, 0.4) is 0 Å². The van der Waals surface area contributed by atoms with Gasteiger partial charge in [-0.3, -0.25) is 9.67 Å². The highest BCUT2D eigenvalue weighted by atomic mass is 32.2. The van der Waals surface area contributed by atoms with Gasteiger partial charge in [0, 0.05) is 35.7 Å². The van der Waals surface area contributed by atoms with Crippen LogP contribution in [0, 0.1) is 0 Å². The average Bonchev–Trinajstić information content (AvgIpc) is 2.84. The van der Waals surface area contributed by atoms with Crippen molar-refractivity contribution in [2.24, 2.45) is 0 Å². The maximum atomic E-state index is 12.2. The van der Waals surface area contributed by atoms with Gasteiger partial charge in [-0.2, -0.15) is 5.10 Å². The minimum Gasteiger partial charge on any atom is -0.268 e. The molecule has 2 aromatic heterocycles. The highest BCUT2D eigenvalue weighted by molar-refractivity contribution is 7.92. The summed E-state index contributed by atoms with van der Waals surface area (Å²) in [7, 11) is -3.19. The average molecular weight is 345 g/mol. The van der Waals surface area contributed by atoms with Gasteiger partial charge in [-0.1, -0.05) is 25.1 Å². The molecule has 0 fully saturated rings. The topological polar surface area (TPSA) is 64.8 Å². The van der Waals surface area contributed by atoms with Gasteiger partial charge in [-0.25, -0.2) is 8.42 Å². The van der Waals surface area contributed by atoms with Crippen molar-refractivity contribution in [2.45, 2.75) is 44.9 Å². The fraction of sp³-hybridized carbons (Fsp3) is 0.444. The van der Waals surface area contributed by atoms with Gasteiger partial charge in [0.1, 0.15) is 5.52 Å². The number of fused-ring (bicyclic) bond motifs is 3. The smallest absolute Gasteiger partial charge is 0.152 e. The van der Waals surface area contributed by atoms with Crippen LogP contribution in [0.2, 0.25) is 0 Å². The Kier molecular flexibility index (Phi) is 4.11. The first-order valence-corrected chi connectivity index (χ1v) is 10.1. The Morgan fingerprint density at radius 1 is 1.17 bits per heavy atom. The van der Waals surface area contributed by atoms with E-state index in [4.69, 9.17) is 0 Å². The zero-order chi connectivity index (χ0) is 17.5. The Balaban J connectivity index is 2.31.